The number of hydrogen-bond acceptors (Lipinski definition) is 5. The van der Waals surface area contributed by atoms with E-state index in [1.54, 1.807) is 12.3 Å². The molecule has 1 aromatic heterocycles. The summed E-state index contributed by atoms with van der Waals surface area (Å²) >= 11 is 0. The van der Waals surface area contributed by atoms with Gasteiger partial charge >= 0.3 is 6.18 Å². The SMILES string of the molecule is CC(C(=O)Nc1cnc(C(F)(F)F)nc1)[C@H]1[C@@H]2CC(OC3=CC=NC4CC=C(F)C=C34)C[C@@H]21. The number of anilines is 1. The van der Waals surface area contributed by atoms with Gasteiger partial charge in [0.25, 0.3) is 0 Å². The van der Waals surface area contributed by atoms with Crippen LogP contribution in [-0.2, 0) is 15.7 Å². The average molecular weight is 462 g/mol. The number of aliphatic imine (C=N–C) groups is 1. The van der Waals surface area contributed by atoms with E-state index in [1.165, 1.54) is 12.2 Å². The molecule has 0 bridgehead atoms. The number of aromatic nitrogens is 2. The predicted octanol–water partition coefficient (Wildman–Crippen LogP) is 4.63. The smallest absolute Gasteiger partial charge is 0.451 e. The third-order valence-corrected chi connectivity index (χ3v) is 6.89. The molecule has 6 nitrogen and oxygen atoms in total. The van der Waals surface area contributed by atoms with E-state index in [9.17, 15) is 22.4 Å². The molecule has 33 heavy (non-hydrogen) atoms. The van der Waals surface area contributed by atoms with Crippen LogP contribution in [0.3, 0.4) is 0 Å². The summed E-state index contributed by atoms with van der Waals surface area (Å²) in [6.07, 6.45) is 5.90. The van der Waals surface area contributed by atoms with Crippen LogP contribution in [0.25, 0.3) is 0 Å². The Bertz CT molecular complexity index is 1060. The molecule has 2 heterocycles. The molecule has 2 saturated carbocycles. The number of rotatable bonds is 5. The molecule has 1 aromatic rings. The molecule has 4 aliphatic rings. The number of nitrogens with one attached hydrogen (secondary N) is 1. The molecule has 2 fully saturated rings. The molecular weight excluding hydrogens is 440 g/mol. The maximum absolute atomic E-state index is 13.7. The molecule has 10 heteroatoms. The lowest BCUT2D eigenvalue weighted by Crippen LogP contribution is -2.26. The highest BCUT2D eigenvalue weighted by Crippen LogP contribution is 2.61. The molecule has 5 rings (SSSR count). The minimum absolute atomic E-state index is 0.00286. The van der Waals surface area contributed by atoms with Crippen LogP contribution >= 0.6 is 0 Å². The number of allylic oxidation sites excluding steroid dienone is 3. The van der Waals surface area contributed by atoms with Crippen LogP contribution in [0.2, 0.25) is 0 Å². The molecule has 0 spiro atoms. The summed E-state index contributed by atoms with van der Waals surface area (Å²) in [7, 11) is 0. The largest absolute Gasteiger partial charge is 0.490 e. The molecular formula is C23H22F4N4O2. The zero-order chi connectivity index (χ0) is 23.3. The number of ether oxygens (including phenoxy) is 1. The maximum Gasteiger partial charge on any atom is 0.451 e. The fourth-order valence-electron chi connectivity index (χ4n) is 5.28. The highest BCUT2D eigenvalue weighted by molar-refractivity contribution is 5.92. The highest BCUT2D eigenvalue weighted by Gasteiger charge is 2.59. The Morgan fingerprint density at radius 1 is 1.21 bits per heavy atom. The van der Waals surface area contributed by atoms with Gasteiger partial charge < -0.3 is 10.1 Å². The second-order valence-corrected chi connectivity index (χ2v) is 8.96. The van der Waals surface area contributed by atoms with Crippen molar-refractivity contribution in [2.45, 2.75) is 44.5 Å². The first-order chi connectivity index (χ1) is 15.7. The fourth-order valence-corrected chi connectivity index (χ4v) is 5.28. The number of halogens is 4. The third kappa shape index (κ3) is 4.30. The van der Waals surface area contributed by atoms with Gasteiger partial charge in [-0.3, -0.25) is 9.79 Å². The molecule has 174 valence electrons. The number of hydrogen-bond donors (Lipinski definition) is 1. The summed E-state index contributed by atoms with van der Waals surface area (Å²) in [6.45, 7) is 1.83. The van der Waals surface area contributed by atoms with Crippen molar-refractivity contribution in [2.24, 2.45) is 28.7 Å². The van der Waals surface area contributed by atoms with Gasteiger partial charge in [0.15, 0.2) is 0 Å². The van der Waals surface area contributed by atoms with Gasteiger partial charge in [-0.15, -0.1) is 0 Å². The molecule has 0 aromatic carbocycles. The lowest BCUT2D eigenvalue weighted by atomic mass is 9.94. The van der Waals surface area contributed by atoms with E-state index in [0.717, 1.165) is 30.8 Å². The number of fused-ring (bicyclic) bond motifs is 2. The lowest BCUT2D eigenvalue weighted by molar-refractivity contribution is -0.144. The Labute approximate surface area is 187 Å². The van der Waals surface area contributed by atoms with Gasteiger partial charge in [0, 0.05) is 17.7 Å². The molecule has 1 N–H and O–H groups in total. The fraction of sp³-hybridized carbons (Fsp3) is 0.478. The number of nitrogens with zero attached hydrogens (tertiary/aromatic N) is 3. The van der Waals surface area contributed by atoms with Gasteiger partial charge in [-0.2, -0.15) is 13.2 Å². The zero-order valence-electron chi connectivity index (χ0n) is 17.7. The Morgan fingerprint density at radius 2 is 1.91 bits per heavy atom. The van der Waals surface area contributed by atoms with E-state index in [-0.39, 0.29) is 41.4 Å². The second kappa shape index (κ2) is 8.07. The third-order valence-electron chi connectivity index (χ3n) is 6.89. The average Bonchev–Trinajstić information content (AvgIpc) is 3.27. The van der Waals surface area contributed by atoms with Crippen LogP contribution in [0, 0.1) is 23.7 Å². The van der Waals surface area contributed by atoms with Crippen molar-refractivity contribution < 1.29 is 27.1 Å². The van der Waals surface area contributed by atoms with Gasteiger partial charge in [-0.05, 0) is 55.2 Å². The number of amides is 1. The number of alkyl halides is 3. The molecule has 1 aliphatic heterocycles. The summed E-state index contributed by atoms with van der Waals surface area (Å²) < 4.78 is 57.6. The van der Waals surface area contributed by atoms with E-state index >= 15 is 0 Å². The van der Waals surface area contributed by atoms with E-state index in [2.05, 4.69) is 20.3 Å². The summed E-state index contributed by atoms with van der Waals surface area (Å²) in [4.78, 5) is 23.5. The summed E-state index contributed by atoms with van der Waals surface area (Å²) in [5.74, 6) is -0.521. The van der Waals surface area contributed by atoms with E-state index < -0.39 is 12.0 Å². The maximum atomic E-state index is 13.7. The molecule has 0 radical (unpaired) electrons. The van der Waals surface area contributed by atoms with Crippen molar-refractivity contribution in [3.05, 3.63) is 53.6 Å². The first kappa shape index (κ1) is 21.8. The molecule has 3 aliphatic carbocycles. The minimum Gasteiger partial charge on any atom is -0.490 e. The number of dihydropyridines is 1. The summed E-state index contributed by atoms with van der Waals surface area (Å²) in [6, 6.07) is -0.105. The van der Waals surface area contributed by atoms with Crippen LogP contribution in [0.4, 0.5) is 23.2 Å². The van der Waals surface area contributed by atoms with E-state index in [4.69, 9.17) is 4.74 Å². The molecule has 1 amide bonds. The first-order valence-electron chi connectivity index (χ1n) is 10.9. The molecule has 6 atom stereocenters. The summed E-state index contributed by atoms with van der Waals surface area (Å²) in [5.41, 5.74) is 0.899. The second-order valence-electron chi connectivity index (χ2n) is 8.96. The van der Waals surface area contributed by atoms with Crippen molar-refractivity contribution in [3.63, 3.8) is 0 Å². The van der Waals surface area contributed by atoms with Gasteiger partial charge in [-0.25, -0.2) is 14.4 Å². The standard InChI is InChI=1S/C23H22F4N4O2/c1-11(21(32)31-13-9-29-22(30-10-13)23(25,26)27)20-15-7-14(8-16(15)20)33-19-4-5-28-18-3-2-12(24)6-17(18)19/h2,4-6,9-11,14-16,18,20H,3,7-8H2,1H3,(H,31,32)/t11?,14?,15-,16+,18?,20+. The molecule has 3 unspecified atom stereocenters. The molecule has 0 saturated heterocycles. The van der Waals surface area contributed by atoms with E-state index in [0.29, 0.717) is 24.0 Å². The normalized spacial score (nSPS) is 30.9. The number of carbonyl (C=O) groups is 1. The Hall–Kier alpha value is -3.04. The van der Waals surface area contributed by atoms with Crippen molar-refractivity contribution in [1.29, 1.82) is 0 Å². The predicted molar refractivity (Wildman–Crippen MR) is 112 cm³/mol. The van der Waals surface area contributed by atoms with Gasteiger partial charge in [0.1, 0.15) is 11.6 Å². The minimum atomic E-state index is -4.63. The van der Waals surface area contributed by atoms with Crippen molar-refractivity contribution in [1.82, 2.24) is 9.97 Å². The topological polar surface area (TPSA) is 76.5 Å². The van der Waals surface area contributed by atoms with Crippen LogP contribution in [-0.4, -0.2) is 34.2 Å². The zero-order valence-corrected chi connectivity index (χ0v) is 17.7. The Kier molecular flexibility index (Phi) is 5.33. The number of carbonyl (C=O) groups excluding carboxylic acids is 1. The Morgan fingerprint density at radius 3 is 2.58 bits per heavy atom. The van der Waals surface area contributed by atoms with Crippen LogP contribution in [0.5, 0.6) is 0 Å². The van der Waals surface area contributed by atoms with Gasteiger partial charge in [0.2, 0.25) is 11.7 Å². The first-order valence-corrected chi connectivity index (χ1v) is 10.9. The monoisotopic (exact) mass is 462 g/mol. The highest BCUT2D eigenvalue weighted by atomic mass is 19.4. The van der Waals surface area contributed by atoms with Crippen LogP contribution < -0.4 is 5.32 Å². The van der Waals surface area contributed by atoms with Crippen molar-refractivity contribution in [3.8, 4) is 0 Å². The Balaban J connectivity index is 1.14. The summed E-state index contributed by atoms with van der Waals surface area (Å²) in [5, 5.41) is 2.61. The van der Waals surface area contributed by atoms with E-state index in [1.807, 2.05) is 6.92 Å². The lowest BCUT2D eigenvalue weighted by Gasteiger charge is -2.27. The van der Waals surface area contributed by atoms with Crippen LogP contribution in [0.15, 0.2) is 52.8 Å². The quantitative estimate of drug-likeness (QED) is 0.648. The van der Waals surface area contributed by atoms with Crippen molar-refractivity contribution >= 4 is 17.8 Å². The van der Waals surface area contributed by atoms with Gasteiger partial charge in [-0.1, -0.05) is 6.92 Å². The van der Waals surface area contributed by atoms with Crippen molar-refractivity contribution in [2.75, 3.05) is 5.32 Å². The van der Waals surface area contributed by atoms with Crippen LogP contribution in [0.1, 0.15) is 32.0 Å². The van der Waals surface area contributed by atoms with Gasteiger partial charge in [0.05, 0.1) is 30.2 Å².